The van der Waals surface area contributed by atoms with Gasteiger partial charge in [-0.2, -0.15) is 0 Å². The van der Waals surface area contributed by atoms with E-state index in [9.17, 15) is 8.42 Å². The fourth-order valence-corrected chi connectivity index (χ4v) is 7.13. The molecule has 0 radical (unpaired) electrons. The lowest BCUT2D eigenvalue weighted by atomic mass is 10.1. The van der Waals surface area contributed by atoms with Crippen LogP contribution in [0, 0.1) is 6.92 Å². The number of hydrogen-bond donors (Lipinski definition) is 0. The van der Waals surface area contributed by atoms with E-state index in [0.717, 1.165) is 39.6 Å². The van der Waals surface area contributed by atoms with Crippen molar-refractivity contribution in [3.05, 3.63) is 77.3 Å². The summed E-state index contributed by atoms with van der Waals surface area (Å²) in [5.74, 6) is 0. The number of aromatic nitrogens is 2. The van der Waals surface area contributed by atoms with Gasteiger partial charge in [-0.25, -0.2) is 13.4 Å². The first-order chi connectivity index (χ1) is 14.9. The topological polar surface area (TPSA) is 55.2 Å². The van der Waals surface area contributed by atoms with Gasteiger partial charge in [0.15, 0.2) is 0 Å². The molecule has 2 aromatic heterocycles. The number of hydrogen-bond acceptors (Lipinski definition) is 4. The van der Waals surface area contributed by atoms with E-state index in [0.29, 0.717) is 10.6 Å². The first-order valence-corrected chi connectivity index (χ1v) is 12.5. The number of benzene rings is 2. The number of fused-ring (bicyclic) bond motifs is 1. The Balaban J connectivity index is 1.57. The molecule has 3 heterocycles. The largest absolute Gasteiger partial charge is 0.345 e. The molecule has 0 spiro atoms. The monoisotopic (exact) mass is 449 g/mol. The Morgan fingerprint density at radius 3 is 2.55 bits per heavy atom. The summed E-state index contributed by atoms with van der Waals surface area (Å²) in [6, 6.07) is 19.4. The molecule has 1 atom stereocenters. The van der Waals surface area contributed by atoms with Crippen molar-refractivity contribution in [1.29, 1.82) is 0 Å². The summed E-state index contributed by atoms with van der Waals surface area (Å²) in [6.07, 6.45) is 0.723. The van der Waals surface area contributed by atoms with E-state index in [4.69, 9.17) is 4.98 Å². The van der Waals surface area contributed by atoms with Gasteiger partial charge < -0.3 is 4.57 Å². The minimum Gasteiger partial charge on any atom is -0.345 e. The van der Waals surface area contributed by atoms with Crippen molar-refractivity contribution in [2.75, 3.05) is 4.31 Å². The lowest BCUT2D eigenvalue weighted by Gasteiger charge is -2.24. The zero-order valence-electron chi connectivity index (χ0n) is 17.6. The molecular weight excluding hydrogens is 426 g/mol. The molecule has 0 unspecified atom stereocenters. The number of sulfonamides is 1. The second-order valence-electron chi connectivity index (χ2n) is 7.92. The Morgan fingerprint density at radius 1 is 1.06 bits per heavy atom. The maximum Gasteiger partial charge on any atom is 0.266 e. The van der Waals surface area contributed by atoms with Gasteiger partial charge in [0, 0.05) is 29.7 Å². The molecule has 2 aromatic carbocycles. The van der Waals surface area contributed by atoms with Crippen molar-refractivity contribution in [3.8, 4) is 22.0 Å². The van der Waals surface area contributed by atoms with Crippen LogP contribution in [0.25, 0.3) is 22.0 Å². The lowest BCUT2D eigenvalue weighted by molar-refractivity contribution is 0.583. The molecule has 0 amide bonds. The molecule has 4 aromatic rings. The minimum absolute atomic E-state index is 0.116. The van der Waals surface area contributed by atoms with Crippen molar-refractivity contribution in [3.63, 3.8) is 0 Å². The summed E-state index contributed by atoms with van der Waals surface area (Å²) < 4.78 is 31.0. The Hall–Kier alpha value is -2.90. The predicted molar refractivity (Wildman–Crippen MR) is 126 cm³/mol. The second-order valence-corrected chi connectivity index (χ2v) is 10.6. The predicted octanol–water partition coefficient (Wildman–Crippen LogP) is 5.26. The summed E-state index contributed by atoms with van der Waals surface area (Å²) >= 11 is 1.53. The van der Waals surface area contributed by atoms with Gasteiger partial charge >= 0.3 is 0 Å². The third kappa shape index (κ3) is 3.20. The van der Waals surface area contributed by atoms with E-state index in [-0.39, 0.29) is 6.04 Å². The van der Waals surface area contributed by atoms with Crippen LogP contribution in [0.3, 0.4) is 0 Å². The molecule has 1 aliphatic heterocycles. The smallest absolute Gasteiger partial charge is 0.266 e. The maximum absolute atomic E-state index is 13.7. The number of para-hydroxylation sites is 1. The molecule has 31 heavy (non-hydrogen) atoms. The summed E-state index contributed by atoms with van der Waals surface area (Å²) in [4.78, 5) is 5.12. The molecule has 0 saturated heterocycles. The third-order valence-electron chi connectivity index (χ3n) is 5.96. The van der Waals surface area contributed by atoms with Gasteiger partial charge in [-0.05, 0) is 38.0 Å². The van der Waals surface area contributed by atoms with Crippen molar-refractivity contribution >= 4 is 27.0 Å². The van der Waals surface area contributed by atoms with Crippen LogP contribution in [0.15, 0.2) is 70.9 Å². The van der Waals surface area contributed by atoms with Crippen LogP contribution in [0.5, 0.6) is 0 Å². The average Bonchev–Trinajstić information content (AvgIpc) is 3.45. The zero-order valence-corrected chi connectivity index (χ0v) is 19.2. The van der Waals surface area contributed by atoms with Gasteiger partial charge in [0.1, 0.15) is 9.90 Å². The van der Waals surface area contributed by atoms with Gasteiger partial charge in [0.2, 0.25) is 0 Å². The Bertz CT molecular complexity index is 1370. The Morgan fingerprint density at radius 2 is 1.77 bits per heavy atom. The maximum atomic E-state index is 13.7. The van der Waals surface area contributed by atoms with Gasteiger partial charge in [-0.1, -0.05) is 48.5 Å². The van der Waals surface area contributed by atoms with Crippen molar-refractivity contribution < 1.29 is 8.42 Å². The van der Waals surface area contributed by atoms with Crippen LogP contribution in [0.4, 0.5) is 5.69 Å². The van der Waals surface area contributed by atoms with Gasteiger partial charge in [-0.15, -0.1) is 11.3 Å². The summed E-state index contributed by atoms with van der Waals surface area (Å²) in [5.41, 5.74) is 5.31. The molecule has 0 aliphatic carbocycles. The average molecular weight is 450 g/mol. The fraction of sp³-hybridized carbons (Fsp3) is 0.208. The van der Waals surface area contributed by atoms with Crippen LogP contribution < -0.4 is 4.31 Å². The first kappa shape index (κ1) is 20.0. The highest BCUT2D eigenvalue weighted by Gasteiger charge is 2.37. The molecule has 1 aliphatic rings. The molecule has 0 bridgehead atoms. The van der Waals surface area contributed by atoms with Crippen LogP contribution in [-0.4, -0.2) is 24.0 Å². The molecule has 0 fully saturated rings. The zero-order chi connectivity index (χ0) is 21.8. The van der Waals surface area contributed by atoms with E-state index >= 15 is 0 Å². The van der Waals surface area contributed by atoms with E-state index in [1.807, 2.05) is 85.4 Å². The van der Waals surface area contributed by atoms with Crippen molar-refractivity contribution in [2.24, 2.45) is 7.05 Å². The van der Waals surface area contributed by atoms with Crippen LogP contribution >= 0.6 is 11.3 Å². The minimum atomic E-state index is -3.70. The number of anilines is 1. The molecular formula is C24H23N3O2S2. The van der Waals surface area contributed by atoms with E-state index < -0.39 is 10.0 Å². The SMILES string of the molecule is Cc1c(S(=O)(=O)N2c3ccccc3C[C@H]2C)cc(-c2nc(-c3ccccc3)cs2)n1C. The quantitative estimate of drug-likeness (QED) is 0.427. The van der Waals surface area contributed by atoms with E-state index in [1.54, 1.807) is 10.4 Å². The second kappa shape index (κ2) is 7.35. The standard InChI is InChI=1S/C24H23N3O2S2/c1-16-13-19-11-7-8-12-21(19)27(16)31(28,29)23-14-22(26(3)17(23)2)24-25-20(15-30-24)18-9-5-4-6-10-18/h4-12,14-16H,13H2,1-3H3/t16-/m1/s1. The highest BCUT2D eigenvalue weighted by molar-refractivity contribution is 7.93. The molecule has 5 nitrogen and oxygen atoms in total. The molecule has 0 N–H and O–H groups in total. The van der Waals surface area contributed by atoms with Crippen LogP contribution in [0.1, 0.15) is 18.2 Å². The van der Waals surface area contributed by atoms with E-state index in [2.05, 4.69) is 0 Å². The summed E-state index contributed by atoms with van der Waals surface area (Å²) in [5, 5.41) is 2.82. The number of nitrogens with zero attached hydrogens (tertiary/aromatic N) is 3. The van der Waals surface area contributed by atoms with E-state index in [1.165, 1.54) is 11.3 Å². The number of rotatable bonds is 4. The van der Waals surface area contributed by atoms with Gasteiger partial charge in [0.05, 0.1) is 17.1 Å². The normalized spacial score (nSPS) is 16.0. The summed E-state index contributed by atoms with van der Waals surface area (Å²) in [7, 11) is -1.80. The number of thiazole rings is 1. The first-order valence-electron chi connectivity index (χ1n) is 10.2. The van der Waals surface area contributed by atoms with Crippen LogP contribution in [0.2, 0.25) is 0 Å². The van der Waals surface area contributed by atoms with Crippen LogP contribution in [-0.2, 0) is 23.5 Å². The molecule has 7 heteroatoms. The summed E-state index contributed by atoms with van der Waals surface area (Å²) in [6.45, 7) is 3.82. The third-order valence-corrected chi connectivity index (χ3v) is 8.87. The fourth-order valence-electron chi connectivity index (χ4n) is 4.28. The van der Waals surface area contributed by atoms with Crippen molar-refractivity contribution in [2.45, 2.75) is 31.2 Å². The Kier molecular flexibility index (Phi) is 4.75. The molecule has 0 saturated carbocycles. The Labute approximate surface area is 186 Å². The molecule has 5 rings (SSSR count). The highest BCUT2D eigenvalue weighted by Crippen LogP contribution is 2.39. The lowest BCUT2D eigenvalue weighted by Crippen LogP contribution is -2.35. The van der Waals surface area contributed by atoms with Crippen molar-refractivity contribution in [1.82, 2.24) is 9.55 Å². The van der Waals surface area contributed by atoms with Gasteiger partial charge in [0.25, 0.3) is 10.0 Å². The highest BCUT2D eigenvalue weighted by atomic mass is 32.2. The molecule has 158 valence electrons. The van der Waals surface area contributed by atoms with Gasteiger partial charge in [-0.3, -0.25) is 4.31 Å².